The fourth-order valence-electron chi connectivity index (χ4n) is 1.73. The zero-order valence-corrected chi connectivity index (χ0v) is 13.0. The smallest absolute Gasteiger partial charge is 0.222 e. The van der Waals surface area contributed by atoms with Crippen molar-refractivity contribution in [2.75, 3.05) is 6.54 Å². The third-order valence-corrected chi connectivity index (χ3v) is 4.17. The highest BCUT2D eigenvalue weighted by molar-refractivity contribution is 7.11. The largest absolute Gasteiger partial charge is 0.392 e. The molecule has 108 valence electrons. The van der Waals surface area contributed by atoms with Crippen LogP contribution in [-0.4, -0.2) is 28.6 Å². The molecule has 1 atom stereocenters. The van der Waals surface area contributed by atoms with Gasteiger partial charge < -0.3 is 10.4 Å². The van der Waals surface area contributed by atoms with Crippen LogP contribution in [0.2, 0.25) is 0 Å². The Balaban J connectivity index is 2.31. The van der Waals surface area contributed by atoms with E-state index in [1.165, 1.54) is 4.88 Å². The van der Waals surface area contributed by atoms with Gasteiger partial charge in [0.15, 0.2) is 0 Å². The van der Waals surface area contributed by atoms with Crippen molar-refractivity contribution in [1.82, 2.24) is 10.3 Å². The van der Waals surface area contributed by atoms with Gasteiger partial charge in [-0.2, -0.15) is 0 Å². The molecule has 2 N–H and O–H groups in total. The summed E-state index contributed by atoms with van der Waals surface area (Å²) in [4.78, 5) is 17.4. The van der Waals surface area contributed by atoms with E-state index < -0.39 is 6.10 Å². The molecular weight excluding hydrogens is 260 g/mol. The lowest BCUT2D eigenvalue weighted by molar-refractivity contribution is -0.123. The number of nitrogens with zero attached hydrogens (tertiary/aromatic N) is 1. The number of aliphatic hydroxyl groups is 1. The first-order chi connectivity index (χ1) is 8.93. The summed E-state index contributed by atoms with van der Waals surface area (Å²) in [6.07, 6.45) is 1.33. The Bertz CT molecular complexity index is 416. The predicted molar refractivity (Wildman–Crippen MR) is 78.4 cm³/mol. The zero-order chi connectivity index (χ0) is 14.4. The van der Waals surface area contributed by atoms with Crippen LogP contribution in [0.25, 0.3) is 0 Å². The third kappa shape index (κ3) is 5.28. The fraction of sp³-hybridized carbons (Fsp3) is 0.714. The van der Waals surface area contributed by atoms with E-state index >= 15 is 0 Å². The SMILES string of the molecule is CCc1nc(CCNC(=O)CC(O)C(C)C)sc1C. The molecule has 0 radical (unpaired) electrons. The Hall–Kier alpha value is -0.940. The molecule has 0 aromatic carbocycles. The monoisotopic (exact) mass is 284 g/mol. The van der Waals surface area contributed by atoms with Crippen molar-refractivity contribution in [3.8, 4) is 0 Å². The van der Waals surface area contributed by atoms with Crippen LogP contribution in [0.15, 0.2) is 0 Å². The van der Waals surface area contributed by atoms with Crippen LogP contribution in [0.5, 0.6) is 0 Å². The summed E-state index contributed by atoms with van der Waals surface area (Å²) in [6.45, 7) is 8.57. The second-order valence-corrected chi connectivity index (χ2v) is 6.37. The van der Waals surface area contributed by atoms with Gasteiger partial charge in [0.05, 0.1) is 23.2 Å². The van der Waals surface area contributed by atoms with E-state index in [4.69, 9.17) is 0 Å². The van der Waals surface area contributed by atoms with Crippen LogP contribution in [-0.2, 0) is 17.6 Å². The van der Waals surface area contributed by atoms with Gasteiger partial charge in [0.1, 0.15) is 0 Å². The minimum atomic E-state index is -0.561. The average Bonchev–Trinajstić information content (AvgIpc) is 2.69. The summed E-state index contributed by atoms with van der Waals surface area (Å²) in [7, 11) is 0. The summed E-state index contributed by atoms with van der Waals surface area (Å²) in [5, 5.41) is 13.5. The molecule has 1 unspecified atom stereocenters. The van der Waals surface area contributed by atoms with Gasteiger partial charge in [-0.15, -0.1) is 11.3 Å². The fourth-order valence-corrected chi connectivity index (χ4v) is 2.75. The maximum absolute atomic E-state index is 11.6. The number of hydrogen-bond donors (Lipinski definition) is 2. The Morgan fingerprint density at radius 3 is 2.68 bits per heavy atom. The maximum atomic E-state index is 11.6. The molecule has 0 bridgehead atoms. The molecule has 0 saturated heterocycles. The molecule has 0 aliphatic carbocycles. The van der Waals surface area contributed by atoms with Gasteiger partial charge >= 0.3 is 0 Å². The van der Waals surface area contributed by atoms with Gasteiger partial charge in [-0.05, 0) is 19.3 Å². The molecule has 1 heterocycles. The topological polar surface area (TPSA) is 62.2 Å². The molecule has 5 heteroatoms. The Morgan fingerprint density at radius 2 is 2.16 bits per heavy atom. The number of aryl methyl sites for hydroxylation is 2. The van der Waals surface area contributed by atoms with Gasteiger partial charge in [-0.3, -0.25) is 4.79 Å². The normalized spacial score (nSPS) is 12.7. The zero-order valence-electron chi connectivity index (χ0n) is 12.2. The van der Waals surface area contributed by atoms with Crippen molar-refractivity contribution in [2.45, 2.75) is 53.1 Å². The van der Waals surface area contributed by atoms with E-state index in [-0.39, 0.29) is 18.2 Å². The Morgan fingerprint density at radius 1 is 1.47 bits per heavy atom. The number of thiazole rings is 1. The van der Waals surface area contributed by atoms with Crippen molar-refractivity contribution in [3.05, 3.63) is 15.6 Å². The van der Waals surface area contributed by atoms with Crippen molar-refractivity contribution in [3.63, 3.8) is 0 Å². The highest BCUT2D eigenvalue weighted by atomic mass is 32.1. The molecule has 1 aromatic heterocycles. The van der Waals surface area contributed by atoms with Gasteiger partial charge in [-0.25, -0.2) is 4.98 Å². The number of aliphatic hydroxyl groups excluding tert-OH is 1. The standard InChI is InChI=1S/C14H24N2O2S/c1-5-11-10(4)19-14(16-11)6-7-15-13(18)8-12(17)9(2)3/h9,12,17H,5-8H2,1-4H3,(H,15,18). The molecule has 0 saturated carbocycles. The molecule has 1 amide bonds. The number of rotatable bonds is 7. The second kappa shape index (κ2) is 7.60. The summed E-state index contributed by atoms with van der Waals surface area (Å²) < 4.78 is 0. The highest BCUT2D eigenvalue weighted by Gasteiger charge is 2.14. The van der Waals surface area contributed by atoms with Crippen LogP contribution >= 0.6 is 11.3 Å². The minimum absolute atomic E-state index is 0.0924. The van der Waals surface area contributed by atoms with Gasteiger partial charge in [0, 0.05) is 17.8 Å². The van der Waals surface area contributed by atoms with Gasteiger partial charge in [0.25, 0.3) is 0 Å². The number of carbonyl (C=O) groups excluding carboxylic acids is 1. The van der Waals surface area contributed by atoms with E-state index in [9.17, 15) is 9.90 Å². The highest BCUT2D eigenvalue weighted by Crippen LogP contribution is 2.17. The third-order valence-electron chi connectivity index (χ3n) is 3.10. The Kier molecular flexibility index (Phi) is 6.45. The van der Waals surface area contributed by atoms with Crippen molar-refractivity contribution >= 4 is 17.2 Å². The molecule has 4 nitrogen and oxygen atoms in total. The molecule has 0 fully saturated rings. The van der Waals surface area contributed by atoms with Crippen LogP contribution < -0.4 is 5.32 Å². The molecule has 19 heavy (non-hydrogen) atoms. The number of amides is 1. The summed E-state index contributed by atoms with van der Waals surface area (Å²) >= 11 is 1.70. The van der Waals surface area contributed by atoms with E-state index in [1.807, 2.05) is 13.8 Å². The first-order valence-corrected chi connectivity index (χ1v) is 7.65. The molecular formula is C14H24N2O2S. The van der Waals surface area contributed by atoms with Crippen LogP contribution in [0, 0.1) is 12.8 Å². The first kappa shape index (κ1) is 16.1. The van der Waals surface area contributed by atoms with E-state index in [1.54, 1.807) is 11.3 Å². The lowest BCUT2D eigenvalue weighted by Gasteiger charge is -2.13. The lowest BCUT2D eigenvalue weighted by Crippen LogP contribution is -2.30. The lowest BCUT2D eigenvalue weighted by atomic mass is 10.0. The quantitative estimate of drug-likeness (QED) is 0.806. The molecule has 0 aliphatic rings. The van der Waals surface area contributed by atoms with E-state index in [2.05, 4.69) is 24.1 Å². The predicted octanol–water partition coefficient (Wildman–Crippen LogP) is 2.08. The number of hydrogen-bond acceptors (Lipinski definition) is 4. The summed E-state index contributed by atoms with van der Waals surface area (Å²) in [6, 6.07) is 0. The Labute approximate surface area is 119 Å². The summed E-state index contributed by atoms with van der Waals surface area (Å²) in [5.74, 6) is 0.0182. The molecule has 0 spiro atoms. The number of carbonyl (C=O) groups is 1. The van der Waals surface area contributed by atoms with Gasteiger partial charge in [0.2, 0.25) is 5.91 Å². The molecule has 0 aliphatic heterocycles. The van der Waals surface area contributed by atoms with Crippen molar-refractivity contribution < 1.29 is 9.90 Å². The number of aromatic nitrogens is 1. The van der Waals surface area contributed by atoms with Gasteiger partial charge in [-0.1, -0.05) is 20.8 Å². The average molecular weight is 284 g/mol. The van der Waals surface area contributed by atoms with Crippen molar-refractivity contribution in [2.24, 2.45) is 5.92 Å². The molecule has 1 aromatic rings. The minimum Gasteiger partial charge on any atom is -0.392 e. The van der Waals surface area contributed by atoms with Crippen LogP contribution in [0.4, 0.5) is 0 Å². The second-order valence-electron chi connectivity index (χ2n) is 5.08. The van der Waals surface area contributed by atoms with Crippen molar-refractivity contribution in [1.29, 1.82) is 0 Å². The van der Waals surface area contributed by atoms with Crippen LogP contribution in [0.3, 0.4) is 0 Å². The van der Waals surface area contributed by atoms with E-state index in [0.29, 0.717) is 6.54 Å². The first-order valence-electron chi connectivity index (χ1n) is 6.84. The van der Waals surface area contributed by atoms with E-state index in [0.717, 1.165) is 23.5 Å². The molecule has 1 rings (SSSR count). The van der Waals surface area contributed by atoms with Crippen LogP contribution in [0.1, 0.15) is 42.8 Å². The number of nitrogens with one attached hydrogen (secondary N) is 1. The maximum Gasteiger partial charge on any atom is 0.222 e. The summed E-state index contributed by atoms with van der Waals surface area (Å²) in [5.41, 5.74) is 1.15.